The second-order valence-corrected chi connectivity index (χ2v) is 7.04. The van der Waals surface area contributed by atoms with Gasteiger partial charge in [0.25, 0.3) is 0 Å². The monoisotopic (exact) mass is 492 g/mol. The van der Waals surface area contributed by atoms with Gasteiger partial charge in [0, 0.05) is 24.8 Å². The van der Waals surface area contributed by atoms with Crippen molar-refractivity contribution in [3.8, 4) is 11.5 Å². The third-order valence-corrected chi connectivity index (χ3v) is 4.61. The van der Waals surface area contributed by atoms with E-state index in [0.29, 0.717) is 25.0 Å². The molecule has 1 saturated heterocycles. The summed E-state index contributed by atoms with van der Waals surface area (Å²) in [6, 6.07) is 0.788. The molecule has 0 amide bonds. The van der Waals surface area contributed by atoms with Crippen molar-refractivity contribution in [1.29, 1.82) is 0 Å². The van der Waals surface area contributed by atoms with E-state index in [9.17, 15) is 43.9 Å². The van der Waals surface area contributed by atoms with E-state index in [0.717, 1.165) is 0 Å². The van der Waals surface area contributed by atoms with Crippen molar-refractivity contribution in [2.45, 2.75) is 43.8 Å². The van der Waals surface area contributed by atoms with Crippen molar-refractivity contribution in [2.75, 3.05) is 6.61 Å². The molecule has 1 atom stereocenters. The first-order valence-corrected chi connectivity index (χ1v) is 9.32. The Hall–Kier alpha value is -2.70. The summed E-state index contributed by atoms with van der Waals surface area (Å²) in [5.74, 6) is -8.44. The lowest BCUT2D eigenvalue weighted by atomic mass is 10.1. The van der Waals surface area contributed by atoms with E-state index in [2.05, 4.69) is 9.47 Å². The van der Waals surface area contributed by atoms with Gasteiger partial charge in [-0.25, -0.2) is 13.2 Å². The van der Waals surface area contributed by atoms with Gasteiger partial charge in [-0.05, 0) is 31.4 Å². The fourth-order valence-electron chi connectivity index (χ4n) is 3.11. The van der Waals surface area contributed by atoms with Crippen molar-refractivity contribution < 1.29 is 58.1 Å². The van der Waals surface area contributed by atoms with Crippen LogP contribution in [0.25, 0.3) is 0 Å². The van der Waals surface area contributed by atoms with E-state index in [1.54, 1.807) is 0 Å². The van der Waals surface area contributed by atoms with Crippen LogP contribution in [0.5, 0.6) is 11.5 Å². The van der Waals surface area contributed by atoms with Crippen LogP contribution in [0.2, 0.25) is 0 Å². The van der Waals surface area contributed by atoms with Crippen LogP contribution in [0.15, 0.2) is 30.3 Å². The van der Waals surface area contributed by atoms with Gasteiger partial charge in [-0.15, -0.1) is 0 Å². The quantitative estimate of drug-likeness (QED) is 0.416. The molecule has 182 valence electrons. The highest BCUT2D eigenvalue weighted by atomic mass is 19.4. The van der Waals surface area contributed by atoms with Crippen molar-refractivity contribution in [3.63, 3.8) is 0 Å². The van der Waals surface area contributed by atoms with Crippen molar-refractivity contribution in [1.82, 2.24) is 0 Å². The summed E-state index contributed by atoms with van der Waals surface area (Å²) < 4.78 is 149. The lowest BCUT2D eigenvalue weighted by Crippen LogP contribution is -2.43. The lowest BCUT2D eigenvalue weighted by Gasteiger charge is -2.30. The van der Waals surface area contributed by atoms with Gasteiger partial charge in [-0.3, -0.25) is 0 Å². The first-order valence-electron chi connectivity index (χ1n) is 9.32. The summed E-state index contributed by atoms with van der Waals surface area (Å²) in [6.45, 7) is 0.0611. The SMILES string of the molecule is Fc1cc(OC(F)(F)C2CCCCO2)ccc1C(F)(F)Oc1cc(F)c(C(F)(F)F)c(F)c1. The Balaban J connectivity index is 1.80. The Kier molecular flexibility index (Phi) is 6.74. The minimum absolute atomic E-state index is 0.0419. The van der Waals surface area contributed by atoms with Gasteiger partial charge in [0.05, 0.1) is 0 Å². The molecular formula is C20H14F10O3. The van der Waals surface area contributed by atoms with Crippen LogP contribution in [0.1, 0.15) is 30.4 Å². The summed E-state index contributed by atoms with van der Waals surface area (Å²) in [5, 5.41) is 0. The molecule has 0 bridgehead atoms. The molecule has 1 aliphatic heterocycles. The maximum atomic E-state index is 14.3. The predicted molar refractivity (Wildman–Crippen MR) is 91.4 cm³/mol. The Morgan fingerprint density at radius 2 is 1.36 bits per heavy atom. The minimum Gasteiger partial charge on any atom is -0.431 e. The van der Waals surface area contributed by atoms with Crippen LogP contribution in [0.3, 0.4) is 0 Å². The molecule has 1 unspecified atom stereocenters. The molecule has 0 saturated carbocycles. The summed E-state index contributed by atoms with van der Waals surface area (Å²) in [6.07, 6.45) is -14.6. The maximum absolute atomic E-state index is 14.3. The molecule has 13 heteroatoms. The molecule has 0 radical (unpaired) electrons. The fraction of sp³-hybridized carbons (Fsp3) is 0.400. The minimum atomic E-state index is -5.44. The number of rotatable bonds is 6. The number of hydrogen-bond acceptors (Lipinski definition) is 3. The number of ether oxygens (including phenoxy) is 3. The fourth-order valence-corrected chi connectivity index (χ4v) is 3.11. The molecule has 2 aromatic carbocycles. The van der Waals surface area contributed by atoms with Crippen molar-refractivity contribution >= 4 is 0 Å². The molecule has 2 aromatic rings. The summed E-state index contributed by atoms with van der Waals surface area (Å²) in [7, 11) is 0. The van der Waals surface area contributed by atoms with Crippen LogP contribution in [-0.2, 0) is 17.0 Å². The third kappa shape index (κ3) is 5.63. The first-order chi connectivity index (χ1) is 15.2. The largest absolute Gasteiger partial charge is 0.431 e. The highest BCUT2D eigenvalue weighted by molar-refractivity contribution is 5.35. The van der Waals surface area contributed by atoms with Gasteiger partial charge in [-0.1, -0.05) is 0 Å². The van der Waals surface area contributed by atoms with Gasteiger partial charge in [0.15, 0.2) is 6.10 Å². The van der Waals surface area contributed by atoms with Crippen LogP contribution in [0.4, 0.5) is 43.9 Å². The Morgan fingerprint density at radius 1 is 0.758 bits per heavy atom. The van der Waals surface area contributed by atoms with E-state index in [4.69, 9.17) is 4.74 Å². The van der Waals surface area contributed by atoms with Gasteiger partial charge in [0.2, 0.25) is 0 Å². The van der Waals surface area contributed by atoms with Gasteiger partial charge in [0.1, 0.15) is 40.1 Å². The van der Waals surface area contributed by atoms with Crippen LogP contribution in [-0.4, -0.2) is 18.8 Å². The highest BCUT2D eigenvalue weighted by Gasteiger charge is 2.45. The summed E-state index contributed by atoms with van der Waals surface area (Å²) >= 11 is 0. The van der Waals surface area contributed by atoms with Crippen LogP contribution < -0.4 is 9.47 Å². The van der Waals surface area contributed by atoms with Gasteiger partial charge < -0.3 is 14.2 Å². The number of halogens is 10. The molecule has 1 heterocycles. The zero-order valence-electron chi connectivity index (χ0n) is 16.3. The molecule has 1 fully saturated rings. The molecular weight excluding hydrogens is 478 g/mol. The topological polar surface area (TPSA) is 27.7 Å². The smallest absolute Gasteiger partial charge is 0.429 e. The second-order valence-electron chi connectivity index (χ2n) is 7.04. The average molecular weight is 492 g/mol. The normalized spacial score (nSPS) is 17.7. The molecule has 0 N–H and O–H groups in total. The van der Waals surface area contributed by atoms with E-state index in [1.165, 1.54) is 0 Å². The summed E-state index contributed by atoms with van der Waals surface area (Å²) in [5.41, 5.74) is -3.87. The summed E-state index contributed by atoms with van der Waals surface area (Å²) in [4.78, 5) is 0. The van der Waals surface area contributed by atoms with E-state index < -0.39 is 64.6 Å². The van der Waals surface area contributed by atoms with Gasteiger partial charge >= 0.3 is 18.4 Å². The average Bonchev–Trinajstić information content (AvgIpc) is 2.66. The molecule has 0 aromatic heterocycles. The molecule has 3 nitrogen and oxygen atoms in total. The van der Waals surface area contributed by atoms with E-state index in [-0.39, 0.29) is 31.2 Å². The highest BCUT2D eigenvalue weighted by Crippen LogP contribution is 2.39. The molecule has 0 spiro atoms. The Morgan fingerprint density at radius 3 is 1.88 bits per heavy atom. The maximum Gasteiger partial charge on any atom is 0.429 e. The number of alkyl halides is 7. The second kappa shape index (κ2) is 8.92. The van der Waals surface area contributed by atoms with Crippen LogP contribution >= 0.6 is 0 Å². The van der Waals surface area contributed by atoms with E-state index in [1.807, 2.05) is 0 Å². The Labute approximate surface area is 179 Å². The lowest BCUT2D eigenvalue weighted by molar-refractivity contribution is -0.260. The van der Waals surface area contributed by atoms with Crippen LogP contribution in [0, 0.1) is 17.5 Å². The molecule has 0 aliphatic carbocycles. The number of hydrogen-bond donors (Lipinski definition) is 0. The third-order valence-electron chi connectivity index (χ3n) is 4.61. The standard InChI is InChI=1S/C20H14F10O3/c21-13-7-10(32-20(29,30)16-3-1-2-6-31-16)4-5-12(13)19(27,28)33-11-8-14(22)17(15(23)9-11)18(24,25)26/h4-5,7-9,16H,1-3,6H2. The van der Waals surface area contributed by atoms with Crippen molar-refractivity contribution in [2.24, 2.45) is 0 Å². The first kappa shape index (κ1) is 24.9. The predicted octanol–water partition coefficient (Wildman–Crippen LogP) is 6.79. The zero-order valence-corrected chi connectivity index (χ0v) is 16.3. The van der Waals surface area contributed by atoms with E-state index >= 15 is 0 Å². The number of benzene rings is 2. The molecule has 3 rings (SSSR count). The molecule has 1 aliphatic rings. The Bertz CT molecular complexity index is 977. The van der Waals surface area contributed by atoms with Crippen molar-refractivity contribution in [3.05, 3.63) is 58.9 Å². The van der Waals surface area contributed by atoms with Gasteiger partial charge in [-0.2, -0.15) is 30.7 Å². The molecule has 33 heavy (non-hydrogen) atoms. The zero-order chi connectivity index (χ0) is 24.6.